The number of rotatable bonds is 2. The van der Waals surface area contributed by atoms with Gasteiger partial charge in [-0.2, -0.15) is 0 Å². The highest BCUT2D eigenvalue weighted by molar-refractivity contribution is 8.13. The van der Waals surface area contributed by atoms with E-state index in [-0.39, 0.29) is 5.75 Å². The maximum Gasteiger partial charge on any atom is 0.232 e. The van der Waals surface area contributed by atoms with E-state index in [2.05, 4.69) is 0 Å². The molecular weight excluding hydrogens is 232 g/mol. The molecule has 0 spiro atoms. The minimum atomic E-state index is -3.29. The number of fused-ring (bicyclic) bond motifs is 1. The maximum atomic E-state index is 11.0. The van der Waals surface area contributed by atoms with Crippen LogP contribution in [-0.2, 0) is 9.05 Å². The van der Waals surface area contributed by atoms with Gasteiger partial charge in [-0.25, -0.2) is 8.42 Å². The molecule has 2 nitrogen and oxygen atoms in total. The van der Waals surface area contributed by atoms with Crippen molar-refractivity contribution in [2.75, 3.05) is 5.75 Å². The molecule has 3 unspecified atom stereocenters. The molecule has 0 aliphatic heterocycles. The van der Waals surface area contributed by atoms with E-state index in [4.69, 9.17) is 10.7 Å². The molecule has 0 amide bonds. The first-order valence-corrected chi connectivity index (χ1v) is 8.45. The van der Waals surface area contributed by atoms with Crippen LogP contribution in [0.3, 0.4) is 0 Å². The SMILES string of the molecule is O=S(=O)(Cl)CC1CCC2CCCCC2C1. The third-order valence-corrected chi connectivity index (χ3v) is 5.33. The molecule has 0 aromatic carbocycles. The van der Waals surface area contributed by atoms with E-state index in [9.17, 15) is 8.42 Å². The van der Waals surface area contributed by atoms with Crippen molar-refractivity contribution in [3.63, 3.8) is 0 Å². The summed E-state index contributed by atoms with van der Waals surface area (Å²) in [5.74, 6) is 2.19. The Morgan fingerprint density at radius 3 is 2.33 bits per heavy atom. The van der Waals surface area contributed by atoms with Crippen molar-refractivity contribution in [1.82, 2.24) is 0 Å². The molecule has 0 aromatic heterocycles. The van der Waals surface area contributed by atoms with Gasteiger partial charge >= 0.3 is 0 Å². The summed E-state index contributed by atoms with van der Waals surface area (Å²) in [6.07, 6.45) is 8.77. The van der Waals surface area contributed by atoms with Crippen LogP contribution in [0, 0.1) is 17.8 Å². The third-order valence-electron chi connectivity index (χ3n) is 4.08. The minimum absolute atomic E-state index is 0.192. The van der Waals surface area contributed by atoms with Gasteiger partial charge in [0.25, 0.3) is 0 Å². The van der Waals surface area contributed by atoms with E-state index in [1.807, 2.05) is 0 Å². The highest BCUT2D eigenvalue weighted by atomic mass is 35.7. The van der Waals surface area contributed by atoms with Crippen molar-refractivity contribution in [3.8, 4) is 0 Å². The van der Waals surface area contributed by atoms with Gasteiger partial charge in [-0.3, -0.25) is 0 Å². The fourth-order valence-electron chi connectivity index (χ4n) is 3.40. The monoisotopic (exact) mass is 250 g/mol. The summed E-state index contributed by atoms with van der Waals surface area (Å²) in [5, 5.41) is 0. The summed E-state index contributed by atoms with van der Waals surface area (Å²) < 4.78 is 22.0. The second-order valence-corrected chi connectivity index (χ2v) is 8.01. The van der Waals surface area contributed by atoms with E-state index in [1.165, 1.54) is 32.1 Å². The molecule has 3 atom stereocenters. The second kappa shape index (κ2) is 4.62. The van der Waals surface area contributed by atoms with E-state index >= 15 is 0 Å². The molecule has 2 saturated carbocycles. The maximum absolute atomic E-state index is 11.0. The molecule has 15 heavy (non-hydrogen) atoms. The van der Waals surface area contributed by atoms with Gasteiger partial charge in [0.05, 0.1) is 5.75 Å². The Morgan fingerprint density at radius 1 is 1.00 bits per heavy atom. The smallest absolute Gasteiger partial charge is 0.212 e. The molecule has 0 heterocycles. The summed E-state index contributed by atoms with van der Waals surface area (Å²) in [6, 6.07) is 0. The molecule has 0 aromatic rings. The standard InChI is InChI=1S/C11H19ClO2S/c12-15(13,14)8-9-5-6-10-3-1-2-4-11(10)7-9/h9-11H,1-8H2. The predicted molar refractivity (Wildman–Crippen MR) is 62.4 cm³/mol. The Morgan fingerprint density at radius 2 is 1.67 bits per heavy atom. The van der Waals surface area contributed by atoms with Gasteiger partial charge < -0.3 is 0 Å². The molecule has 2 fully saturated rings. The molecule has 2 aliphatic rings. The largest absolute Gasteiger partial charge is 0.232 e. The van der Waals surface area contributed by atoms with Crippen LogP contribution in [0.5, 0.6) is 0 Å². The predicted octanol–water partition coefficient (Wildman–Crippen LogP) is 3.16. The average molecular weight is 251 g/mol. The molecule has 88 valence electrons. The van der Waals surface area contributed by atoms with Crippen LogP contribution >= 0.6 is 10.7 Å². The summed E-state index contributed by atoms with van der Waals surface area (Å²) in [4.78, 5) is 0. The summed E-state index contributed by atoms with van der Waals surface area (Å²) in [7, 11) is 2.02. The Bertz CT molecular complexity index is 313. The quantitative estimate of drug-likeness (QED) is 0.706. The Hall–Kier alpha value is 0.240. The number of halogens is 1. The van der Waals surface area contributed by atoms with E-state index < -0.39 is 9.05 Å². The van der Waals surface area contributed by atoms with Crippen LogP contribution in [-0.4, -0.2) is 14.2 Å². The van der Waals surface area contributed by atoms with Crippen LogP contribution < -0.4 is 0 Å². The topological polar surface area (TPSA) is 34.1 Å². The Labute approximate surface area is 96.8 Å². The zero-order valence-corrected chi connectivity index (χ0v) is 10.6. The first-order valence-electron chi connectivity index (χ1n) is 5.97. The molecule has 0 N–H and O–H groups in total. The lowest BCUT2D eigenvalue weighted by Gasteiger charge is -2.39. The minimum Gasteiger partial charge on any atom is -0.212 e. The highest BCUT2D eigenvalue weighted by Crippen LogP contribution is 2.43. The van der Waals surface area contributed by atoms with Crippen molar-refractivity contribution in [3.05, 3.63) is 0 Å². The van der Waals surface area contributed by atoms with Gasteiger partial charge in [0, 0.05) is 10.7 Å². The molecule has 2 rings (SSSR count). The van der Waals surface area contributed by atoms with Crippen LogP contribution in [0.15, 0.2) is 0 Å². The van der Waals surface area contributed by atoms with Crippen LogP contribution in [0.1, 0.15) is 44.9 Å². The van der Waals surface area contributed by atoms with Crippen LogP contribution in [0.2, 0.25) is 0 Å². The first-order chi connectivity index (χ1) is 7.04. The first kappa shape index (κ1) is 11.7. The lowest BCUT2D eigenvalue weighted by molar-refractivity contribution is 0.138. The Kier molecular flexibility index (Phi) is 3.61. The van der Waals surface area contributed by atoms with E-state index in [0.29, 0.717) is 5.92 Å². The number of hydrogen-bond donors (Lipinski definition) is 0. The van der Waals surface area contributed by atoms with E-state index in [0.717, 1.165) is 24.7 Å². The van der Waals surface area contributed by atoms with Gasteiger partial charge in [0.1, 0.15) is 0 Å². The van der Waals surface area contributed by atoms with Crippen molar-refractivity contribution in [1.29, 1.82) is 0 Å². The number of hydrogen-bond acceptors (Lipinski definition) is 2. The second-order valence-electron chi connectivity index (χ2n) is 5.19. The van der Waals surface area contributed by atoms with Crippen molar-refractivity contribution in [2.45, 2.75) is 44.9 Å². The zero-order chi connectivity index (χ0) is 10.9. The van der Waals surface area contributed by atoms with Crippen molar-refractivity contribution in [2.24, 2.45) is 17.8 Å². The van der Waals surface area contributed by atoms with Gasteiger partial charge in [0.15, 0.2) is 0 Å². The van der Waals surface area contributed by atoms with Gasteiger partial charge in [-0.05, 0) is 37.0 Å². The molecule has 4 heteroatoms. The van der Waals surface area contributed by atoms with Crippen LogP contribution in [0.25, 0.3) is 0 Å². The summed E-state index contributed by atoms with van der Waals surface area (Å²) >= 11 is 0. The molecule has 0 radical (unpaired) electrons. The van der Waals surface area contributed by atoms with Gasteiger partial charge in [-0.15, -0.1) is 0 Å². The van der Waals surface area contributed by atoms with Gasteiger partial charge in [-0.1, -0.05) is 25.7 Å². The normalized spacial score (nSPS) is 37.3. The molecule has 0 bridgehead atoms. The van der Waals surface area contributed by atoms with Crippen molar-refractivity contribution < 1.29 is 8.42 Å². The van der Waals surface area contributed by atoms with Crippen molar-refractivity contribution >= 4 is 19.7 Å². The highest BCUT2D eigenvalue weighted by Gasteiger charge is 2.33. The molecule has 0 saturated heterocycles. The summed E-state index contributed by atoms with van der Waals surface area (Å²) in [5.41, 5.74) is 0. The molecule has 2 aliphatic carbocycles. The lowest BCUT2D eigenvalue weighted by atomic mass is 9.68. The summed E-state index contributed by atoms with van der Waals surface area (Å²) in [6.45, 7) is 0. The fraction of sp³-hybridized carbons (Fsp3) is 1.00. The average Bonchev–Trinajstić information content (AvgIpc) is 2.15. The molecular formula is C11H19ClO2S. The third kappa shape index (κ3) is 3.35. The Balaban J connectivity index is 1.91. The lowest BCUT2D eigenvalue weighted by Crippen LogP contribution is -2.30. The zero-order valence-electron chi connectivity index (χ0n) is 8.99. The fourth-order valence-corrected chi connectivity index (χ4v) is 4.80. The van der Waals surface area contributed by atoms with Crippen LogP contribution in [0.4, 0.5) is 0 Å². The van der Waals surface area contributed by atoms with E-state index in [1.54, 1.807) is 0 Å². The van der Waals surface area contributed by atoms with Gasteiger partial charge in [0.2, 0.25) is 9.05 Å².